The van der Waals surface area contributed by atoms with Crippen molar-refractivity contribution >= 4 is 15.9 Å². The minimum atomic E-state index is -3.71. The van der Waals surface area contributed by atoms with E-state index in [1.807, 2.05) is 13.8 Å². The molecule has 0 heterocycles. The number of rotatable bonds is 11. The molecule has 25 heavy (non-hydrogen) atoms. The summed E-state index contributed by atoms with van der Waals surface area (Å²) in [7, 11) is -0.592. The summed E-state index contributed by atoms with van der Waals surface area (Å²) in [6, 6.07) is 5.63. The Bertz CT molecular complexity index is 629. The molecule has 0 bridgehead atoms. The first-order chi connectivity index (χ1) is 11.8. The molecule has 142 valence electrons. The fourth-order valence-electron chi connectivity index (χ4n) is 2.15. The van der Waals surface area contributed by atoms with E-state index in [1.165, 1.54) is 19.2 Å². The van der Waals surface area contributed by atoms with Crippen LogP contribution >= 0.6 is 0 Å². The smallest absolute Gasteiger partial charge is 0.240 e. The molecule has 1 aromatic rings. The number of carbonyl (C=O) groups is 1. The van der Waals surface area contributed by atoms with Gasteiger partial charge in [0.25, 0.3) is 0 Å². The first-order valence-corrected chi connectivity index (χ1v) is 9.70. The van der Waals surface area contributed by atoms with Crippen molar-refractivity contribution in [1.29, 1.82) is 0 Å². The first-order valence-electron chi connectivity index (χ1n) is 8.22. The summed E-state index contributed by atoms with van der Waals surface area (Å²) < 4.78 is 37.6. The summed E-state index contributed by atoms with van der Waals surface area (Å²) in [4.78, 5) is 12.2. The van der Waals surface area contributed by atoms with E-state index in [1.54, 1.807) is 19.2 Å². The zero-order valence-corrected chi connectivity index (χ0v) is 16.1. The second-order valence-electron chi connectivity index (χ2n) is 6.05. The van der Waals surface area contributed by atoms with Crippen molar-refractivity contribution in [3.05, 3.63) is 24.3 Å². The fourth-order valence-corrected chi connectivity index (χ4v) is 3.54. The van der Waals surface area contributed by atoms with Crippen molar-refractivity contribution in [2.24, 2.45) is 5.92 Å². The maximum Gasteiger partial charge on any atom is 0.240 e. The Morgan fingerprint density at radius 3 is 2.32 bits per heavy atom. The van der Waals surface area contributed by atoms with Crippen LogP contribution in [-0.2, 0) is 19.6 Å². The van der Waals surface area contributed by atoms with Crippen LogP contribution in [0.3, 0.4) is 0 Å². The van der Waals surface area contributed by atoms with Crippen molar-refractivity contribution < 1.29 is 22.7 Å². The highest BCUT2D eigenvalue weighted by atomic mass is 32.2. The highest BCUT2D eigenvalue weighted by Crippen LogP contribution is 2.17. The minimum Gasteiger partial charge on any atom is -0.497 e. The third-order valence-electron chi connectivity index (χ3n) is 3.73. The van der Waals surface area contributed by atoms with Crippen LogP contribution in [0.25, 0.3) is 0 Å². The van der Waals surface area contributed by atoms with Gasteiger partial charge in [0.1, 0.15) is 5.75 Å². The molecular formula is C17H28N2O5S. The summed E-state index contributed by atoms with van der Waals surface area (Å²) in [5.74, 6) is 0.361. The van der Waals surface area contributed by atoms with Crippen molar-refractivity contribution in [3.8, 4) is 5.75 Å². The van der Waals surface area contributed by atoms with Gasteiger partial charge in [-0.15, -0.1) is 0 Å². The van der Waals surface area contributed by atoms with E-state index in [9.17, 15) is 13.2 Å². The van der Waals surface area contributed by atoms with Crippen molar-refractivity contribution in [1.82, 2.24) is 10.0 Å². The van der Waals surface area contributed by atoms with E-state index in [-0.39, 0.29) is 23.1 Å². The second kappa shape index (κ2) is 10.4. The Hall–Kier alpha value is -1.64. The molecule has 0 aliphatic carbocycles. The van der Waals surface area contributed by atoms with Gasteiger partial charge in [0.05, 0.1) is 12.0 Å². The van der Waals surface area contributed by atoms with Crippen LogP contribution in [0.15, 0.2) is 29.2 Å². The Morgan fingerprint density at radius 2 is 1.80 bits per heavy atom. The lowest BCUT2D eigenvalue weighted by Crippen LogP contribution is -2.42. The largest absolute Gasteiger partial charge is 0.497 e. The molecule has 0 saturated heterocycles. The lowest BCUT2D eigenvalue weighted by atomic mass is 10.0. The summed E-state index contributed by atoms with van der Waals surface area (Å²) >= 11 is 0. The number of carbonyl (C=O) groups excluding carboxylic acids is 1. The van der Waals surface area contributed by atoms with Gasteiger partial charge < -0.3 is 14.8 Å². The Kier molecular flexibility index (Phi) is 8.88. The monoisotopic (exact) mass is 372 g/mol. The number of hydrogen-bond acceptors (Lipinski definition) is 5. The Morgan fingerprint density at radius 1 is 1.16 bits per heavy atom. The zero-order valence-electron chi connectivity index (χ0n) is 15.2. The van der Waals surface area contributed by atoms with Crippen molar-refractivity contribution in [3.63, 3.8) is 0 Å². The van der Waals surface area contributed by atoms with Crippen LogP contribution in [0.5, 0.6) is 5.75 Å². The van der Waals surface area contributed by atoms with Gasteiger partial charge in [0.2, 0.25) is 15.9 Å². The molecular weight excluding hydrogens is 344 g/mol. The summed E-state index contributed by atoms with van der Waals surface area (Å²) in [5, 5.41) is 2.77. The van der Waals surface area contributed by atoms with Gasteiger partial charge in [0.15, 0.2) is 0 Å². The van der Waals surface area contributed by atoms with Crippen LogP contribution in [0.2, 0.25) is 0 Å². The highest BCUT2D eigenvalue weighted by Gasteiger charge is 2.24. The number of hydrogen-bond donors (Lipinski definition) is 2. The minimum absolute atomic E-state index is 0.0299. The summed E-state index contributed by atoms with van der Waals surface area (Å²) in [6.07, 6.45) is 0.798. The molecule has 0 aliphatic rings. The average molecular weight is 372 g/mol. The third-order valence-corrected chi connectivity index (χ3v) is 5.24. The summed E-state index contributed by atoms with van der Waals surface area (Å²) in [5.41, 5.74) is 0. The molecule has 0 radical (unpaired) electrons. The molecule has 1 amide bonds. The molecule has 2 N–H and O–H groups in total. The predicted molar refractivity (Wildman–Crippen MR) is 96.1 cm³/mol. The van der Waals surface area contributed by atoms with E-state index in [0.29, 0.717) is 25.3 Å². The van der Waals surface area contributed by atoms with E-state index < -0.39 is 16.1 Å². The van der Waals surface area contributed by atoms with E-state index >= 15 is 0 Å². The van der Waals surface area contributed by atoms with E-state index in [0.717, 1.165) is 0 Å². The van der Waals surface area contributed by atoms with Gasteiger partial charge in [-0.3, -0.25) is 4.79 Å². The molecule has 1 atom stereocenters. The molecule has 0 spiro atoms. The lowest BCUT2D eigenvalue weighted by molar-refractivity contribution is -0.121. The number of methoxy groups -OCH3 is 2. The standard InChI is InChI=1S/C17H28N2O5S/c1-13(2)16(12-17(20)18-10-5-11-23-3)19-25(21,22)15-8-6-14(24-4)7-9-15/h6-9,13,16,19H,5,10-12H2,1-4H3,(H,18,20). The van der Waals surface area contributed by atoms with Crippen LogP contribution in [0.4, 0.5) is 0 Å². The molecule has 0 aromatic heterocycles. The van der Waals surface area contributed by atoms with Gasteiger partial charge in [-0.1, -0.05) is 13.8 Å². The number of nitrogens with one attached hydrogen (secondary N) is 2. The third kappa shape index (κ3) is 7.41. The van der Waals surface area contributed by atoms with Gasteiger partial charge >= 0.3 is 0 Å². The predicted octanol–water partition coefficient (Wildman–Crippen LogP) is 1.54. The summed E-state index contributed by atoms with van der Waals surface area (Å²) in [6.45, 7) is 4.82. The van der Waals surface area contributed by atoms with Crippen LogP contribution in [0, 0.1) is 5.92 Å². The molecule has 1 unspecified atom stereocenters. The zero-order chi connectivity index (χ0) is 18.9. The van der Waals surface area contributed by atoms with Gasteiger partial charge in [-0.05, 0) is 36.6 Å². The normalized spacial score (nSPS) is 12.8. The lowest BCUT2D eigenvalue weighted by Gasteiger charge is -2.22. The molecule has 7 nitrogen and oxygen atoms in total. The average Bonchev–Trinajstić information content (AvgIpc) is 2.58. The van der Waals surface area contributed by atoms with Gasteiger partial charge in [-0.2, -0.15) is 0 Å². The molecule has 0 aliphatic heterocycles. The van der Waals surface area contributed by atoms with Gasteiger partial charge in [0, 0.05) is 32.7 Å². The molecule has 1 rings (SSSR count). The highest BCUT2D eigenvalue weighted by molar-refractivity contribution is 7.89. The van der Waals surface area contributed by atoms with Crippen LogP contribution < -0.4 is 14.8 Å². The maximum atomic E-state index is 12.5. The SMILES string of the molecule is COCCCNC(=O)CC(NS(=O)(=O)c1ccc(OC)cc1)C(C)C. The number of benzene rings is 1. The van der Waals surface area contributed by atoms with E-state index in [2.05, 4.69) is 10.0 Å². The van der Waals surface area contributed by atoms with Crippen molar-refractivity contribution in [2.75, 3.05) is 27.4 Å². The molecule has 0 fully saturated rings. The van der Waals surface area contributed by atoms with Crippen LogP contribution in [-0.4, -0.2) is 47.7 Å². The molecule has 1 aromatic carbocycles. The van der Waals surface area contributed by atoms with Gasteiger partial charge in [-0.25, -0.2) is 13.1 Å². The first kappa shape index (κ1) is 21.4. The quantitative estimate of drug-likeness (QED) is 0.575. The maximum absolute atomic E-state index is 12.5. The number of amides is 1. The number of sulfonamides is 1. The Balaban J connectivity index is 2.70. The Labute approximate surface area is 150 Å². The van der Waals surface area contributed by atoms with E-state index in [4.69, 9.17) is 9.47 Å². The van der Waals surface area contributed by atoms with Crippen molar-refractivity contribution in [2.45, 2.75) is 37.6 Å². The van der Waals surface area contributed by atoms with Crippen LogP contribution in [0.1, 0.15) is 26.7 Å². The second-order valence-corrected chi connectivity index (χ2v) is 7.76. The fraction of sp³-hybridized carbons (Fsp3) is 0.588. The molecule has 0 saturated carbocycles. The number of ether oxygens (including phenoxy) is 2. The molecule has 8 heteroatoms. The topological polar surface area (TPSA) is 93.7 Å².